The second kappa shape index (κ2) is 10.3. The fourth-order valence-corrected chi connectivity index (χ4v) is 0.465. The molecule has 0 atom stereocenters. The Bertz CT molecular complexity index is 41.7. The molecule has 0 aromatic rings. The summed E-state index contributed by atoms with van der Waals surface area (Å²) in [6.07, 6.45) is 6.66. The maximum absolute atomic E-state index is 3.72. The normalized spacial score (nSPS) is 7.62. The van der Waals surface area contributed by atoms with Crippen molar-refractivity contribution in [3.05, 3.63) is 19.6 Å². The van der Waals surface area contributed by atoms with Gasteiger partial charge in [-0.15, -0.1) is 6.58 Å². The van der Waals surface area contributed by atoms with Crippen LogP contribution in [0.15, 0.2) is 12.7 Å². The van der Waals surface area contributed by atoms with Crippen LogP contribution in [-0.2, 0) is 0 Å². The van der Waals surface area contributed by atoms with Crippen molar-refractivity contribution in [3.63, 3.8) is 0 Å². The summed E-state index contributed by atoms with van der Waals surface area (Å²) in [5.74, 6) is 0. The van der Waals surface area contributed by atoms with Crippen LogP contribution in [0.25, 0.3) is 0 Å². The van der Waals surface area contributed by atoms with Crippen molar-refractivity contribution in [2.45, 2.75) is 25.7 Å². The molecule has 1 heteroatoms. The molecule has 0 aliphatic rings. The van der Waals surface area contributed by atoms with Gasteiger partial charge in [0.05, 0.1) is 0 Å². The maximum atomic E-state index is 3.72. The van der Waals surface area contributed by atoms with E-state index in [0.29, 0.717) is 0 Å². The first-order valence-electron chi connectivity index (χ1n) is 2.82. The third-order valence-electron chi connectivity index (χ3n) is 0.908. The molecule has 0 nitrogen and oxygen atoms in total. The van der Waals surface area contributed by atoms with E-state index in [9.17, 15) is 0 Å². The Morgan fingerprint density at radius 2 is 2.00 bits per heavy atom. The fourth-order valence-electron chi connectivity index (χ4n) is 0.465. The molecule has 0 radical (unpaired) electrons. The maximum Gasteiger partial charge on any atom is 1.00 e. The summed E-state index contributed by atoms with van der Waals surface area (Å²) >= 11 is 0. The second-order valence-electron chi connectivity index (χ2n) is 1.64. The molecular weight excluding hydrogens is 91.0 g/mol. The van der Waals surface area contributed by atoms with Crippen LogP contribution in [-0.4, -0.2) is 0 Å². The second-order valence-corrected chi connectivity index (χ2v) is 1.64. The van der Waals surface area contributed by atoms with E-state index in [4.69, 9.17) is 0 Å². The first-order chi connectivity index (χ1) is 3.41. The standard InChI is InChI=1S/C7H13.Li/c1-3-5-7-6-4-2;/h3H,1-2,4-7H2;/q-1;+1. The summed E-state index contributed by atoms with van der Waals surface area (Å²) < 4.78 is 0. The van der Waals surface area contributed by atoms with Crippen molar-refractivity contribution < 1.29 is 18.9 Å². The number of hydrogen-bond donors (Lipinski definition) is 0. The van der Waals surface area contributed by atoms with Crippen LogP contribution >= 0.6 is 0 Å². The van der Waals surface area contributed by atoms with E-state index in [-0.39, 0.29) is 18.9 Å². The molecule has 0 rings (SSSR count). The summed E-state index contributed by atoms with van der Waals surface area (Å²) in [4.78, 5) is 0. The summed E-state index contributed by atoms with van der Waals surface area (Å²) in [6.45, 7) is 7.34. The zero-order valence-electron chi connectivity index (χ0n) is 5.82. The van der Waals surface area contributed by atoms with Crippen molar-refractivity contribution in [1.29, 1.82) is 0 Å². The fraction of sp³-hybridized carbons (Fsp3) is 0.571. The number of allylic oxidation sites excluding steroid dienone is 1. The zero-order chi connectivity index (χ0) is 5.54. The van der Waals surface area contributed by atoms with Crippen LogP contribution in [0.4, 0.5) is 0 Å². The van der Waals surface area contributed by atoms with Crippen LogP contribution in [0.1, 0.15) is 25.7 Å². The molecular formula is C7H13Li. The first-order valence-corrected chi connectivity index (χ1v) is 2.82. The minimum absolute atomic E-state index is 0. The van der Waals surface area contributed by atoms with Crippen LogP contribution < -0.4 is 18.9 Å². The predicted octanol–water partition coefficient (Wildman–Crippen LogP) is -0.429. The van der Waals surface area contributed by atoms with Gasteiger partial charge in [0.1, 0.15) is 0 Å². The van der Waals surface area contributed by atoms with Gasteiger partial charge >= 0.3 is 18.9 Å². The molecule has 0 bridgehead atoms. The van der Waals surface area contributed by atoms with Gasteiger partial charge in [-0.25, -0.2) is 0 Å². The molecule has 8 heavy (non-hydrogen) atoms. The topological polar surface area (TPSA) is 0 Å². The van der Waals surface area contributed by atoms with Gasteiger partial charge in [-0.3, -0.25) is 0 Å². The average molecular weight is 104 g/mol. The predicted molar refractivity (Wildman–Crippen MR) is 34.0 cm³/mol. The van der Waals surface area contributed by atoms with Crippen LogP contribution in [0, 0.1) is 6.92 Å². The monoisotopic (exact) mass is 104 g/mol. The smallest absolute Gasteiger partial charge is 0.343 e. The molecule has 0 aliphatic carbocycles. The summed E-state index contributed by atoms with van der Waals surface area (Å²) in [5.41, 5.74) is 0. The minimum atomic E-state index is 0. The Morgan fingerprint density at radius 1 is 1.38 bits per heavy atom. The van der Waals surface area contributed by atoms with E-state index in [1.54, 1.807) is 0 Å². The quantitative estimate of drug-likeness (QED) is 0.196. The van der Waals surface area contributed by atoms with Crippen molar-refractivity contribution in [3.8, 4) is 0 Å². The Morgan fingerprint density at radius 3 is 2.38 bits per heavy atom. The SMILES string of the molecule is C=CCCCC[CH2-].[Li+]. The van der Waals surface area contributed by atoms with Gasteiger partial charge in [-0.1, -0.05) is 18.9 Å². The molecule has 42 valence electrons. The van der Waals surface area contributed by atoms with Crippen LogP contribution in [0.3, 0.4) is 0 Å². The Kier molecular flexibility index (Phi) is 14.5. The molecule has 0 spiro atoms. The van der Waals surface area contributed by atoms with Crippen molar-refractivity contribution in [2.24, 2.45) is 0 Å². The molecule has 0 amide bonds. The van der Waals surface area contributed by atoms with Gasteiger partial charge in [0.25, 0.3) is 0 Å². The Hall–Kier alpha value is 0.337. The number of unbranched alkanes of at least 4 members (excludes halogenated alkanes) is 3. The van der Waals surface area contributed by atoms with Crippen molar-refractivity contribution in [1.82, 2.24) is 0 Å². The van der Waals surface area contributed by atoms with E-state index >= 15 is 0 Å². The third-order valence-corrected chi connectivity index (χ3v) is 0.908. The minimum Gasteiger partial charge on any atom is -0.343 e. The molecule has 0 fully saturated rings. The molecule has 0 N–H and O–H groups in total. The molecule has 0 aromatic heterocycles. The Balaban J connectivity index is 0. The third kappa shape index (κ3) is 9.60. The summed E-state index contributed by atoms with van der Waals surface area (Å²) in [7, 11) is 0. The zero-order valence-corrected chi connectivity index (χ0v) is 5.82. The van der Waals surface area contributed by atoms with Gasteiger partial charge in [-0.05, 0) is 6.42 Å². The van der Waals surface area contributed by atoms with E-state index in [0.717, 1.165) is 12.8 Å². The molecule has 0 aliphatic heterocycles. The Labute approximate surface area is 64.5 Å². The van der Waals surface area contributed by atoms with Crippen molar-refractivity contribution >= 4 is 0 Å². The van der Waals surface area contributed by atoms with Crippen LogP contribution in [0.2, 0.25) is 0 Å². The average Bonchev–Trinajstić information content (AvgIpc) is 1.69. The van der Waals surface area contributed by atoms with Gasteiger partial charge < -0.3 is 6.92 Å². The number of hydrogen-bond acceptors (Lipinski definition) is 0. The molecule has 0 saturated carbocycles. The molecule has 0 aromatic carbocycles. The number of rotatable bonds is 4. The molecule has 0 saturated heterocycles. The largest absolute Gasteiger partial charge is 1.00 e. The first kappa shape index (κ1) is 11.2. The molecule has 0 unspecified atom stereocenters. The van der Waals surface area contributed by atoms with Gasteiger partial charge in [0.15, 0.2) is 0 Å². The summed E-state index contributed by atoms with van der Waals surface area (Å²) in [6, 6.07) is 0. The van der Waals surface area contributed by atoms with Crippen LogP contribution in [0.5, 0.6) is 0 Å². The van der Waals surface area contributed by atoms with Gasteiger partial charge in [-0.2, -0.15) is 6.42 Å². The van der Waals surface area contributed by atoms with Gasteiger partial charge in [0, 0.05) is 0 Å². The summed E-state index contributed by atoms with van der Waals surface area (Å²) in [5, 5.41) is 0. The van der Waals surface area contributed by atoms with E-state index in [1.165, 1.54) is 12.8 Å². The van der Waals surface area contributed by atoms with E-state index < -0.39 is 0 Å². The van der Waals surface area contributed by atoms with E-state index in [2.05, 4.69) is 13.5 Å². The molecule has 0 heterocycles. The van der Waals surface area contributed by atoms with E-state index in [1.807, 2.05) is 6.08 Å². The van der Waals surface area contributed by atoms with Gasteiger partial charge in [0.2, 0.25) is 0 Å². The van der Waals surface area contributed by atoms with Crippen molar-refractivity contribution in [2.75, 3.05) is 0 Å².